The number of imidazole rings is 1. The van der Waals surface area contributed by atoms with Crippen LogP contribution in [0.4, 0.5) is 4.79 Å². The molecule has 1 aromatic heterocycles. The van der Waals surface area contributed by atoms with Crippen molar-refractivity contribution in [3.05, 3.63) is 143 Å². The maximum Gasteiger partial charge on any atom is 0.408 e. The predicted molar refractivity (Wildman–Crippen MR) is 203 cm³/mol. The molecular weight excluding hydrogens is 705 g/mol. The minimum atomic E-state index is -0.985. The zero-order valence-corrected chi connectivity index (χ0v) is 30.9. The Labute approximate surface area is 318 Å². The molecule has 0 aliphatic carbocycles. The van der Waals surface area contributed by atoms with Crippen molar-refractivity contribution in [3.63, 3.8) is 0 Å². The number of carbonyl (C=O) groups excluding carboxylic acids is 3. The van der Waals surface area contributed by atoms with Crippen molar-refractivity contribution in [1.29, 1.82) is 0 Å². The van der Waals surface area contributed by atoms with E-state index in [4.69, 9.17) is 14.2 Å². The molecular formula is C42H42N4O7S. The van der Waals surface area contributed by atoms with Crippen molar-refractivity contribution in [2.24, 2.45) is 13.0 Å². The van der Waals surface area contributed by atoms with E-state index in [2.05, 4.69) is 17.2 Å². The molecule has 54 heavy (non-hydrogen) atoms. The Morgan fingerprint density at radius 2 is 1.65 bits per heavy atom. The third kappa shape index (κ3) is 8.58. The van der Waals surface area contributed by atoms with Gasteiger partial charge in [0.15, 0.2) is 11.4 Å². The molecule has 2 fully saturated rings. The number of nitrogens with zero attached hydrogens (tertiary/aromatic N) is 3. The number of hydrogen-bond donors (Lipinski definition) is 2. The number of alkyl carbamates (subject to hydrolysis) is 1. The van der Waals surface area contributed by atoms with Gasteiger partial charge in [0.1, 0.15) is 12.6 Å². The van der Waals surface area contributed by atoms with Gasteiger partial charge in [0.2, 0.25) is 5.91 Å². The molecule has 0 saturated carbocycles. The number of likely N-dealkylation sites (tertiary alicyclic amines) is 1. The van der Waals surface area contributed by atoms with Crippen molar-refractivity contribution in [3.8, 4) is 11.1 Å². The van der Waals surface area contributed by atoms with E-state index >= 15 is 0 Å². The van der Waals surface area contributed by atoms with Crippen molar-refractivity contribution < 1.29 is 33.7 Å². The molecule has 12 heteroatoms. The van der Waals surface area contributed by atoms with Gasteiger partial charge in [-0.3, -0.25) is 14.5 Å². The van der Waals surface area contributed by atoms with E-state index in [9.17, 15) is 19.5 Å². The Balaban J connectivity index is 1.05. The highest BCUT2D eigenvalue weighted by molar-refractivity contribution is 7.99. The van der Waals surface area contributed by atoms with Crippen LogP contribution in [0.1, 0.15) is 53.6 Å². The van der Waals surface area contributed by atoms with Crippen molar-refractivity contribution >= 4 is 29.7 Å². The molecule has 5 atom stereocenters. The lowest BCUT2D eigenvalue weighted by Crippen LogP contribution is -2.41. The number of imide groups is 1. The van der Waals surface area contributed by atoms with Crippen LogP contribution in [0.5, 0.6) is 0 Å². The van der Waals surface area contributed by atoms with Gasteiger partial charge in [0.05, 0.1) is 31.8 Å². The molecule has 3 amide bonds. The fourth-order valence-corrected chi connectivity index (χ4v) is 7.82. The highest BCUT2D eigenvalue weighted by Gasteiger charge is 2.40. The number of aryl methyl sites for hydroxylation is 1. The molecule has 2 N–H and O–H groups in total. The van der Waals surface area contributed by atoms with E-state index in [1.807, 2.05) is 121 Å². The Kier molecular flexibility index (Phi) is 11.5. The van der Waals surface area contributed by atoms with Gasteiger partial charge in [0.25, 0.3) is 5.91 Å². The summed E-state index contributed by atoms with van der Waals surface area (Å²) < 4.78 is 20.6. The Morgan fingerprint density at radius 1 is 0.907 bits per heavy atom. The molecule has 4 aromatic carbocycles. The maximum atomic E-state index is 13.2. The van der Waals surface area contributed by atoms with Crippen LogP contribution in [0.3, 0.4) is 0 Å². The Hall–Kier alpha value is -5.27. The number of benzene rings is 4. The molecule has 11 nitrogen and oxygen atoms in total. The van der Waals surface area contributed by atoms with E-state index in [-0.39, 0.29) is 50.2 Å². The quantitative estimate of drug-likeness (QED) is 0.106. The number of carbonyl (C=O) groups is 3. The molecule has 278 valence electrons. The molecule has 0 radical (unpaired) electrons. The molecule has 2 aliphatic heterocycles. The summed E-state index contributed by atoms with van der Waals surface area (Å²) in [4.78, 5) is 44.3. The van der Waals surface area contributed by atoms with E-state index in [1.165, 1.54) is 4.90 Å². The number of hydrogen-bond acceptors (Lipinski definition) is 9. The van der Waals surface area contributed by atoms with Gasteiger partial charge in [-0.2, -0.15) is 0 Å². The highest BCUT2D eigenvalue weighted by atomic mass is 32.2. The summed E-state index contributed by atoms with van der Waals surface area (Å²) in [5.41, 5.74) is 6.10. The number of ether oxygens (including phenoxy) is 3. The normalized spacial score (nSPS) is 21.3. The van der Waals surface area contributed by atoms with Gasteiger partial charge < -0.3 is 29.2 Å². The Morgan fingerprint density at radius 3 is 2.39 bits per heavy atom. The number of nitrogens with one attached hydrogen (secondary N) is 1. The number of amides is 3. The number of aliphatic hydroxyl groups excluding tert-OH is 1. The van der Waals surface area contributed by atoms with Crippen LogP contribution in [0.25, 0.3) is 11.1 Å². The van der Waals surface area contributed by atoms with Crippen molar-refractivity contribution in [2.75, 3.05) is 5.75 Å². The van der Waals surface area contributed by atoms with Crippen LogP contribution in [0, 0.1) is 5.92 Å². The van der Waals surface area contributed by atoms with Crippen LogP contribution >= 0.6 is 11.8 Å². The first-order chi connectivity index (χ1) is 26.2. The lowest BCUT2D eigenvalue weighted by Gasteiger charge is -2.41. The number of thioether (sulfide) groups is 1. The summed E-state index contributed by atoms with van der Waals surface area (Å²) in [5.74, 6) is -0.128. The molecule has 5 unspecified atom stereocenters. The van der Waals surface area contributed by atoms with Crippen molar-refractivity contribution in [2.45, 2.75) is 62.8 Å². The number of aromatic nitrogens is 2. The van der Waals surface area contributed by atoms with E-state index in [1.54, 1.807) is 18.0 Å². The molecule has 7 rings (SSSR count). The largest absolute Gasteiger partial charge is 0.445 e. The second-order valence-electron chi connectivity index (χ2n) is 13.6. The smallest absolute Gasteiger partial charge is 0.408 e. The zero-order chi connectivity index (χ0) is 37.6. The van der Waals surface area contributed by atoms with Crippen LogP contribution < -0.4 is 5.32 Å². The number of aliphatic hydroxyl groups is 1. The molecule has 5 aromatic rings. The van der Waals surface area contributed by atoms with Crippen LogP contribution in [-0.2, 0) is 50.6 Å². The summed E-state index contributed by atoms with van der Waals surface area (Å²) in [5, 5.41) is 13.1. The van der Waals surface area contributed by atoms with E-state index < -0.39 is 24.3 Å². The van der Waals surface area contributed by atoms with E-state index in [0.717, 1.165) is 44.1 Å². The summed E-state index contributed by atoms with van der Waals surface area (Å²) in [6.45, 7) is 2.24. The first-order valence-electron chi connectivity index (χ1n) is 17.9. The van der Waals surface area contributed by atoms with Gasteiger partial charge >= 0.3 is 6.09 Å². The van der Waals surface area contributed by atoms with Gasteiger partial charge in [-0.05, 0) is 45.5 Å². The summed E-state index contributed by atoms with van der Waals surface area (Å²) in [6.07, 6.45) is 1.77. The monoisotopic (exact) mass is 746 g/mol. The third-order valence-corrected chi connectivity index (χ3v) is 10.9. The first-order valence-corrected chi connectivity index (χ1v) is 18.9. The summed E-state index contributed by atoms with van der Waals surface area (Å²) in [7, 11) is 1.97. The van der Waals surface area contributed by atoms with Crippen LogP contribution in [0.15, 0.2) is 121 Å². The lowest BCUT2D eigenvalue weighted by molar-refractivity contribution is -0.268. The zero-order valence-electron chi connectivity index (χ0n) is 30.0. The lowest BCUT2D eigenvalue weighted by atomic mass is 9.91. The van der Waals surface area contributed by atoms with Crippen LogP contribution in [0.2, 0.25) is 0 Å². The molecule has 2 aliphatic rings. The molecule has 0 bridgehead atoms. The summed E-state index contributed by atoms with van der Waals surface area (Å²) in [6, 6.07) is 31.8. The molecule has 2 saturated heterocycles. The second kappa shape index (κ2) is 16.8. The SMILES string of the molecule is CC1C(CSc2nccn2C)OC(c2cccc(-c3cccc(CN4C(=O)CC(NC(=O)OCc5ccccc5)C4=O)c3)c2)OC1c1ccc(CO)cc1. The van der Waals surface area contributed by atoms with Gasteiger partial charge in [0, 0.05) is 36.7 Å². The third-order valence-electron chi connectivity index (χ3n) is 9.79. The van der Waals surface area contributed by atoms with Gasteiger partial charge in [-0.15, -0.1) is 0 Å². The van der Waals surface area contributed by atoms with Gasteiger partial charge in [-0.1, -0.05) is 110 Å². The fraction of sp³-hybridized carbons (Fsp3) is 0.286. The average Bonchev–Trinajstić information content (AvgIpc) is 3.73. The van der Waals surface area contributed by atoms with Crippen molar-refractivity contribution in [1.82, 2.24) is 19.8 Å². The topological polar surface area (TPSA) is 132 Å². The average molecular weight is 747 g/mol. The van der Waals surface area contributed by atoms with E-state index in [0.29, 0.717) is 5.75 Å². The van der Waals surface area contributed by atoms with Crippen LogP contribution in [-0.4, -0.2) is 55.4 Å². The number of rotatable bonds is 12. The maximum absolute atomic E-state index is 13.2. The minimum absolute atomic E-state index is 0.0274. The predicted octanol–water partition coefficient (Wildman–Crippen LogP) is 6.72. The van der Waals surface area contributed by atoms with Gasteiger partial charge in [-0.25, -0.2) is 9.78 Å². The summed E-state index contributed by atoms with van der Waals surface area (Å²) >= 11 is 1.64. The molecule has 3 heterocycles. The second-order valence-corrected chi connectivity index (χ2v) is 14.5. The highest BCUT2D eigenvalue weighted by Crippen LogP contribution is 2.43. The fourth-order valence-electron chi connectivity index (χ4n) is 6.72. The minimum Gasteiger partial charge on any atom is -0.445 e. The molecule has 0 spiro atoms. The first kappa shape index (κ1) is 37.1. The standard InChI is InChI=1S/C42H42N4O7S/c1-27-36(26-54-41-43-18-19-45(41)2)52-40(53-38(27)31-16-14-28(24-47)15-17-31)34-13-7-12-33(21-34)32-11-6-10-30(20-32)23-46-37(48)22-35(39(46)49)44-42(50)51-25-29-8-4-3-5-9-29/h3-21,27,35-36,38,40,47H,22-26H2,1-2H3,(H,44,50). The Bertz CT molecular complexity index is 2090.